The topological polar surface area (TPSA) is 59.6 Å². The van der Waals surface area contributed by atoms with E-state index in [2.05, 4.69) is 47.9 Å². The normalized spacial score (nSPS) is 16.0. The molecule has 0 bridgehead atoms. The summed E-state index contributed by atoms with van der Waals surface area (Å²) in [5, 5.41) is 6.51. The third-order valence-corrected chi connectivity index (χ3v) is 5.66. The van der Waals surface area contributed by atoms with Gasteiger partial charge in [0.15, 0.2) is 0 Å². The molecule has 1 unspecified atom stereocenters. The number of amides is 1. The van der Waals surface area contributed by atoms with Gasteiger partial charge in [0, 0.05) is 30.5 Å². The van der Waals surface area contributed by atoms with Gasteiger partial charge in [0.05, 0.1) is 19.9 Å². The number of carbonyl (C=O) groups excluding carboxylic acids is 1. The summed E-state index contributed by atoms with van der Waals surface area (Å²) in [6, 6.07) is 16.1. The zero-order valence-corrected chi connectivity index (χ0v) is 17.0. The molecule has 2 N–H and O–H groups in total. The number of nitrogens with one attached hydrogen (secondary N) is 2. The van der Waals surface area contributed by atoms with Crippen LogP contribution in [0.2, 0.25) is 0 Å². The lowest BCUT2D eigenvalue weighted by Crippen LogP contribution is -2.46. The van der Waals surface area contributed by atoms with Crippen LogP contribution in [0.15, 0.2) is 48.5 Å². The lowest BCUT2D eigenvalue weighted by atomic mass is 9.64. The van der Waals surface area contributed by atoms with E-state index in [1.165, 1.54) is 24.8 Å². The molecule has 2 aromatic rings. The first-order chi connectivity index (χ1) is 13.6. The minimum Gasteiger partial charge on any atom is -0.497 e. The largest absolute Gasteiger partial charge is 0.497 e. The van der Waals surface area contributed by atoms with E-state index in [-0.39, 0.29) is 17.4 Å². The summed E-state index contributed by atoms with van der Waals surface area (Å²) in [5.41, 5.74) is 2.23. The predicted octanol–water partition coefficient (Wildman–Crippen LogP) is 4.13. The molecule has 150 valence electrons. The maximum absolute atomic E-state index is 12.5. The SMILES string of the molecule is COc1ccc(OC)c(NC(=O)CC(C)NCC2(c3ccccc3)CCC2)c1. The average Bonchev–Trinajstić information content (AvgIpc) is 2.67. The molecule has 0 radical (unpaired) electrons. The lowest BCUT2D eigenvalue weighted by Gasteiger charge is -2.43. The second kappa shape index (κ2) is 9.11. The molecular formula is C23H30N2O3. The zero-order valence-electron chi connectivity index (χ0n) is 17.0. The Morgan fingerprint density at radius 2 is 1.86 bits per heavy atom. The Balaban J connectivity index is 1.55. The quantitative estimate of drug-likeness (QED) is 0.685. The molecule has 1 aliphatic carbocycles. The Labute approximate surface area is 167 Å². The van der Waals surface area contributed by atoms with Gasteiger partial charge in [-0.1, -0.05) is 36.8 Å². The Morgan fingerprint density at radius 3 is 2.46 bits per heavy atom. The maximum atomic E-state index is 12.5. The van der Waals surface area contributed by atoms with E-state index < -0.39 is 0 Å². The third-order valence-electron chi connectivity index (χ3n) is 5.66. The molecule has 3 rings (SSSR count). The van der Waals surface area contributed by atoms with E-state index in [1.807, 2.05) is 0 Å². The van der Waals surface area contributed by atoms with Crippen LogP contribution in [0.5, 0.6) is 11.5 Å². The molecule has 5 nitrogen and oxygen atoms in total. The highest BCUT2D eigenvalue weighted by atomic mass is 16.5. The first-order valence-corrected chi connectivity index (χ1v) is 9.87. The van der Waals surface area contributed by atoms with Gasteiger partial charge in [-0.25, -0.2) is 0 Å². The van der Waals surface area contributed by atoms with Gasteiger partial charge in [0.25, 0.3) is 0 Å². The van der Waals surface area contributed by atoms with Crippen molar-refractivity contribution >= 4 is 11.6 Å². The fraction of sp³-hybridized carbons (Fsp3) is 0.435. The molecule has 0 spiro atoms. The average molecular weight is 383 g/mol. The van der Waals surface area contributed by atoms with Crippen LogP contribution in [0.25, 0.3) is 0 Å². The number of methoxy groups -OCH3 is 2. The van der Waals surface area contributed by atoms with Gasteiger partial charge in [-0.3, -0.25) is 4.79 Å². The van der Waals surface area contributed by atoms with Crippen LogP contribution in [-0.2, 0) is 10.2 Å². The van der Waals surface area contributed by atoms with Gasteiger partial charge in [0.1, 0.15) is 11.5 Å². The second-order valence-electron chi connectivity index (χ2n) is 7.60. The second-order valence-corrected chi connectivity index (χ2v) is 7.60. The number of hydrogen-bond acceptors (Lipinski definition) is 4. The number of ether oxygens (including phenoxy) is 2. The van der Waals surface area contributed by atoms with Crippen LogP contribution >= 0.6 is 0 Å². The fourth-order valence-corrected chi connectivity index (χ4v) is 3.80. The Kier molecular flexibility index (Phi) is 6.57. The van der Waals surface area contributed by atoms with Crippen molar-refractivity contribution in [3.05, 3.63) is 54.1 Å². The summed E-state index contributed by atoms with van der Waals surface area (Å²) in [4.78, 5) is 12.5. The molecule has 0 aliphatic heterocycles. The first-order valence-electron chi connectivity index (χ1n) is 9.87. The molecule has 28 heavy (non-hydrogen) atoms. The van der Waals surface area contributed by atoms with Crippen molar-refractivity contribution in [2.24, 2.45) is 0 Å². The maximum Gasteiger partial charge on any atom is 0.226 e. The van der Waals surface area contributed by atoms with Gasteiger partial charge in [-0.15, -0.1) is 0 Å². The van der Waals surface area contributed by atoms with Crippen LogP contribution in [0.1, 0.15) is 38.2 Å². The van der Waals surface area contributed by atoms with Crippen LogP contribution in [-0.4, -0.2) is 32.7 Å². The molecule has 1 aliphatic rings. The fourth-order valence-electron chi connectivity index (χ4n) is 3.80. The smallest absolute Gasteiger partial charge is 0.226 e. The zero-order chi connectivity index (χ0) is 20.0. The number of rotatable bonds is 9. The van der Waals surface area contributed by atoms with Crippen LogP contribution in [0.4, 0.5) is 5.69 Å². The standard InChI is InChI=1S/C23H30N2O3/c1-17(24-16-23(12-7-13-23)18-8-5-4-6-9-18)14-22(26)25-20-15-19(27-2)10-11-21(20)28-3/h4-6,8-11,15,17,24H,7,12-14,16H2,1-3H3,(H,25,26). The monoisotopic (exact) mass is 382 g/mol. The van der Waals surface area contributed by atoms with Crippen LogP contribution in [0, 0.1) is 0 Å². The van der Waals surface area contributed by atoms with Crippen molar-refractivity contribution in [2.75, 3.05) is 26.1 Å². The van der Waals surface area contributed by atoms with E-state index >= 15 is 0 Å². The minimum atomic E-state index is -0.0473. The van der Waals surface area contributed by atoms with Crippen molar-refractivity contribution in [3.63, 3.8) is 0 Å². The number of hydrogen-bond donors (Lipinski definition) is 2. The van der Waals surface area contributed by atoms with Gasteiger partial charge >= 0.3 is 0 Å². The van der Waals surface area contributed by atoms with E-state index in [0.29, 0.717) is 23.6 Å². The molecule has 0 aromatic heterocycles. The van der Waals surface area contributed by atoms with E-state index in [1.54, 1.807) is 32.4 Å². The Hall–Kier alpha value is -2.53. The Bertz CT molecular complexity index is 788. The van der Waals surface area contributed by atoms with Crippen molar-refractivity contribution in [3.8, 4) is 11.5 Å². The Morgan fingerprint density at radius 1 is 1.11 bits per heavy atom. The van der Waals surface area contributed by atoms with Crippen LogP contribution < -0.4 is 20.1 Å². The summed E-state index contributed by atoms with van der Waals surface area (Å²) < 4.78 is 10.6. The van der Waals surface area contributed by atoms with Crippen molar-refractivity contribution in [2.45, 2.75) is 44.1 Å². The van der Waals surface area contributed by atoms with E-state index in [4.69, 9.17) is 9.47 Å². The molecule has 2 aromatic carbocycles. The highest BCUT2D eigenvalue weighted by Gasteiger charge is 2.38. The van der Waals surface area contributed by atoms with Crippen molar-refractivity contribution in [1.29, 1.82) is 0 Å². The molecule has 0 saturated heterocycles. The molecule has 1 fully saturated rings. The summed E-state index contributed by atoms with van der Waals surface area (Å²) >= 11 is 0. The van der Waals surface area contributed by atoms with Crippen LogP contribution in [0.3, 0.4) is 0 Å². The molecule has 1 saturated carbocycles. The third kappa shape index (κ3) is 4.65. The number of carbonyl (C=O) groups is 1. The van der Waals surface area contributed by atoms with Gasteiger partial charge in [-0.2, -0.15) is 0 Å². The summed E-state index contributed by atoms with van der Waals surface area (Å²) in [5.74, 6) is 1.25. The van der Waals surface area contributed by atoms with Crippen molar-refractivity contribution in [1.82, 2.24) is 5.32 Å². The van der Waals surface area contributed by atoms with Gasteiger partial charge in [-0.05, 0) is 37.5 Å². The van der Waals surface area contributed by atoms with E-state index in [9.17, 15) is 4.79 Å². The van der Waals surface area contributed by atoms with E-state index in [0.717, 1.165) is 6.54 Å². The molecule has 1 amide bonds. The molecule has 5 heteroatoms. The first kappa shape index (κ1) is 20.2. The number of anilines is 1. The molecule has 0 heterocycles. The summed E-state index contributed by atoms with van der Waals surface area (Å²) in [6.07, 6.45) is 4.06. The molecule has 1 atom stereocenters. The van der Waals surface area contributed by atoms with Crippen molar-refractivity contribution < 1.29 is 14.3 Å². The highest BCUT2D eigenvalue weighted by Crippen LogP contribution is 2.43. The lowest BCUT2D eigenvalue weighted by molar-refractivity contribution is -0.116. The summed E-state index contributed by atoms with van der Waals surface area (Å²) in [6.45, 7) is 2.95. The van der Waals surface area contributed by atoms with Gasteiger partial charge < -0.3 is 20.1 Å². The summed E-state index contributed by atoms with van der Waals surface area (Å²) in [7, 11) is 3.19. The predicted molar refractivity (Wildman–Crippen MR) is 112 cm³/mol. The van der Waals surface area contributed by atoms with Gasteiger partial charge in [0.2, 0.25) is 5.91 Å². The molecular weight excluding hydrogens is 352 g/mol. The minimum absolute atomic E-state index is 0.0473. The number of benzene rings is 2. The highest BCUT2D eigenvalue weighted by molar-refractivity contribution is 5.92.